The maximum Gasteiger partial charge on any atom is 0.461 e. The molecule has 3 aromatic carbocycles. The largest absolute Gasteiger partial charge is 0.495 e. The molecule has 3 aromatic rings. The minimum absolute atomic E-state index is 0.0698. The van der Waals surface area contributed by atoms with Crippen LogP contribution in [0.15, 0.2) is 66.7 Å². The minimum Gasteiger partial charge on any atom is -0.495 e. The van der Waals surface area contributed by atoms with Gasteiger partial charge >= 0.3 is 18.6 Å². The van der Waals surface area contributed by atoms with Crippen LogP contribution in [0.5, 0.6) is 11.5 Å². The van der Waals surface area contributed by atoms with E-state index in [1.807, 2.05) is 0 Å². The van der Waals surface area contributed by atoms with Gasteiger partial charge in [-0.25, -0.2) is 18.0 Å². The summed E-state index contributed by atoms with van der Waals surface area (Å²) in [4.78, 5) is 13.2. The van der Waals surface area contributed by atoms with Crippen LogP contribution in [0.1, 0.15) is 29.5 Å². The summed E-state index contributed by atoms with van der Waals surface area (Å²) in [5, 5.41) is 5.20. The van der Waals surface area contributed by atoms with Crippen LogP contribution in [0.2, 0.25) is 5.02 Å². The van der Waals surface area contributed by atoms with Crippen molar-refractivity contribution in [2.75, 3.05) is 7.11 Å². The van der Waals surface area contributed by atoms with E-state index >= 15 is 0 Å². The fraction of sp³-hybridized carbons (Fsp3) is 0.321. The standard InChI is InChI=1S/C28H24ClF7N2O3/c1-40-23-8-7-17(11-22(23)29)27(13-16-5-3-2-4-6-16,38-25(39)37-20-14-26(33,34)15-20)18-9-19(30)12-21(10-18)41-28(35,36)24(31)32/h2-12,20,24H,13-15H2,1H3,(H2,37,38,39)/t27-/m1/s1. The Bertz CT molecular complexity index is 1390. The number of methoxy groups -OCH3 is 1. The molecule has 1 aliphatic rings. The molecule has 1 fully saturated rings. The molecule has 2 amide bonds. The summed E-state index contributed by atoms with van der Waals surface area (Å²) in [6.45, 7) is 0. The van der Waals surface area contributed by atoms with E-state index in [9.17, 15) is 35.5 Å². The maximum atomic E-state index is 14.9. The SMILES string of the molecule is COc1ccc([C@@](Cc2ccccc2)(NC(=O)NC2CC(F)(F)C2)c2cc(F)cc(OC(F)(F)C(F)F)c2)cc1Cl. The van der Waals surface area contributed by atoms with Crippen molar-refractivity contribution < 1.29 is 45.0 Å². The van der Waals surface area contributed by atoms with Gasteiger partial charge in [-0.2, -0.15) is 17.6 Å². The van der Waals surface area contributed by atoms with E-state index < -0.39 is 60.5 Å². The van der Waals surface area contributed by atoms with Crippen LogP contribution >= 0.6 is 11.6 Å². The summed E-state index contributed by atoms with van der Waals surface area (Å²) in [6, 6.07) is 13.2. The Kier molecular flexibility index (Phi) is 8.62. The van der Waals surface area contributed by atoms with Crippen molar-refractivity contribution in [1.82, 2.24) is 10.6 Å². The molecule has 1 saturated carbocycles. The molecule has 1 atom stereocenters. The summed E-state index contributed by atoms with van der Waals surface area (Å²) in [5.74, 6) is -4.78. The van der Waals surface area contributed by atoms with Crippen molar-refractivity contribution >= 4 is 17.6 Å². The summed E-state index contributed by atoms with van der Waals surface area (Å²) < 4.78 is 104. The van der Waals surface area contributed by atoms with E-state index in [0.29, 0.717) is 11.6 Å². The van der Waals surface area contributed by atoms with Gasteiger partial charge in [0, 0.05) is 31.4 Å². The highest BCUT2D eigenvalue weighted by Gasteiger charge is 2.47. The molecule has 5 nitrogen and oxygen atoms in total. The van der Waals surface area contributed by atoms with Crippen molar-refractivity contribution in [3.8, 4) is 11.5 Å². The summed E-state index contributed by atoms with van der Waals surface area (Å²) in [6.07, 6.45) is -10.5. The van der Waals surface area contributed by atoms with Gasteiger partial charge in [-0.1, -0.05) is 48.0 Å². The highest BCUT2D eigenvalue weighted by atomic mass is 35.5. The van der Waals surface area contributed by atoms with Crippen LogP contribution in [-0.2, 0) is 12.0 Å². The van der Waals surface area contributed by atoms with Crippen LogP contribution in [0.3, 0.4) is 0 Å². The first-order valence-corrected chi connectivity index (χ1v) is 12.6. The molecule has 0 heterocycles. The van der Waals surface area contributed by atoms with Gasteiger partial charge in [0.2, 0.25) is 0 Å². The van der Waals surface area contributed by atoms with Crippen molar-refractivity contribution in [2.24, 2.45) is 0 Å². The number of carbonyl (C=O) groups is 1. The number of urea groups is 1. The molecule has 0 spiro atoms. The third-order valence-electron chi connectivity index (χ3n) is 6.58. The van der Waals surface area contributed by atoms with E-state index in [2.05, 4.69) is 15.4 Å². The number of hydrogen-bond donors (Lipinski definition) is 2. The molecule has 0 radical (unpaired) electrons. The molecule has 0 saturated heterocycles. The van der Waals surface area contributed by atoms with Gasteiger partial charge in [0.25, 0.3) is 5.92 Å². The minimum atomic E-state index is -4.95. The Morgan fingerprint density at radius 2 is 1.73 bits per heavy atom. The lowest BCUT2D eigenvalue weighted by Gasteiger charge is -2.39. The zero-order valence-electron chi connectivity index (χ0n) is 21.4. The molecule has 1 aliphatic carbocycles. The normalized spacial score (nSPS) is 16.4. The molecular formula is C28H24ClF7N2O3. The molecule has 0 unspecified atom stereocenters. The second kappa shape index (κ2) is 11.7. The predicted molar refractivity (Wildman–Crippen MR) is 137 cm³/mol. The van der Waals surface area contributed by atoms with Crippen LogP contribution < -0.4 is 20.1 Å². The van der Waals surface area contributed by atoms with E-state index in [4.69, 9.17) is 16.3 Å². The Morgan fingerprint density at radius 1 is 1.05 bits per heavy atom. The number of amides is 2. The van der Waals surface area contributed by atoms with Crippen LogP contribution in [0, 0.1) is 5.82 Å². The number of rotatable bonds is 10. The zero-order chi connectivity index (χ0) is 30.0. The topological polar surface area (TPSA) is 59.6 Å². The molecule has 2 N–H and O–H groups in total. The lowest BCUT2D eigenvalue weighted by atomic mass is 9.77. The quantitative estimate of drug-likeness (QED) is 0.239. The monoisotopic (exact) mass is 604 g/mol. The third kappa shape index (κ3) is 6.98. The van der Waals surface area contributed by atoms with Crippen molar-refractivity contribution in [3.05, 3.63) is 94.3 Å². The number of halogens is 8. The lowest BCUT2D eigenvalue weighted by Crippen LogP contribution is -2.58. The van der Waals surface area contributed by atoms with E-state index in [1.165, 1.54) is 25.3 Å². The van der Waals surface area contributed by atoms with Crippen LogP contribution in [-0.4, -0.2) is 37.6 Å². The molecule has 41 heavy (non-hydrogen) atoms. The summed E-state index contributed by atoms with van der Waals surface area (Å²) >= 11 is 6.38. The van der Waals surface area contributed by atoms with Crippen molar-refractivity contribution in [3.63, 3.8) is 0 Å². The Hall–Kier alpha value is -3.67. The van der Waals surface area contributed by atoms with Gasteiger partial charge in [0.1, 0.15) is 17.3 Å². The first-order chi connectivity index (χ1) is 19.2. The first kappa shape index (κ1) is 30.3. The van der Waals surface area contributed by atoms with Crippen LogP contribution in [0.25, 0.3) is 0 Å². The van der Waals surface area contributed by atoms with Crippen molar-refractivity contribution in [2.45, 2.75) is 49.3 Å². The van der Waals surface area contributed by atoms with Gasteiger partial charge in [-0.15, -0.1) is 0 Å². The Labute approximate surface area is 235 Å². The van der Waals surface area contributed by atoms with Gasteiger partial charge in [-0.3, -0.25) is 0 Å². The molecular weight excluding hydrogens is 581 g/mol. The van der Waals surface area contributed by atoms with Crippen molar-refractivity contribution in [1.29, 1.82) is 0 Å². The lowest BCUT2D eigenvalue weighted by molar-refractivity contribution is -0.253. The first-order valence-electron chi connectivity index (χ1n) is 12.2. The summed E-state index contributed by atoms with van der Waals surface area (Å²) in [7, 11) is 1.36. The number of alkyl halides is 6. The fourth-order valence-corrected chi connectivity index (χ4v) is 4.90. The highest BCUT2D eigenvalue weighted by Crippen LogP contribution is 2.41. The van der Waals surface area contributed by atoms with E-state index in [-0.39, 0.29) is 28.3 Å². The molecule has 13 heteroatoms. The zero-order valence-corrected chi connectivity index (χ0v) is 22.1. The van der Waals surface area contributed by atoms with Gasteiger partial charge in [-0.05, 0) is 41.0 Å². The van der Waals surface area contributed by atoms with E-state index in [1.54, 1.807) is 30.3 Å². The van der Waals surface area contributed by atoms with Gasteiger partial charge in [0.15, 0.2) is 0 Å². The number of benzene rings is 3. The number of nitrogens with one attached hydrogen (secondary N) is 2. The molecule has 0 bridgehead atoms. The fourth-order valence-electron chi connectivity index (χ4n) is 4.64. The number of hydrogen-bond acceptors (Lipinski definition) is 3. The van der Waals surface area contributed by atoms with Gasteiger partial charge < -0.3 is 20.1 Å². The van der Waals surface area contributed by atoms with E-state index in [0.717, 1.165) is 12.1 Å². The summed E-state index contributed by atoms with van der Waals surface area (Å²) in [5.41, 5.74) is -1.22. The number of carbonyl (C=O) groups excluding carboxylic acids is 1. The number of ether oxygens (including phenoxy) is 2. The average molecular weight is 605 g/mol. The Morgan fingerprint density at radius 3 is 2.32 bits per heavy atom. The molecule has 0 aromatic heterocycles. The Balaban J connectivity index is 1.88. The second-order valence-electron chi connectivity index (χ2n) is 9.62. The molecule has 4 rings (SSSR count). The highest BCUT2D eigenvalue weighted by molar-refractivity contribution is 6.32. The molecule has 0 aliphatic heterocycles. The third-order valence-corrected chi connectivity index (χ3v) is 6.88. The predicted octanol–water partition coefficient (Wildman–Crippen LogP) is 7.31. The van der Waals surface area contributed by atoms with Gasteiger partial charge in [0.05, 0.1) is 17.7 Å². The smallest absolute Gasteiger partial charge is 0.461 e. The molecule has 220 valence electrons. The second-order valence-corrected chi connectivity index (χ2v) is 10.0. The van der Waals surface area contributed by atoms with Crippen LogP contribution in [0.4, 0.5) is 35.5 Å². The maximum absolute atomic E-state index is 14.9. The average Bonchev–Trinajstić information content (AvgIpc) is 2.87.